The van der Waals surface area contributed by atoms with Gasteiger partial charge in [0.05, 0.1) is 7.11 Å². The zero-order valence-electron chi connectivity index (χ0n) is 13.1. The molecule has 1 aliphatic heterocycles. The predicted molar refractivity (Wildman–Crippen MR) is 93.6 cm³/mol. The summed E-state index contributed by atoms with van der Waals surface area (Å²) in [4.78, 5) is 11.1. The summed E-state index contributed by atoms with van der Waals surface area (Å²) in [6.45, 7) is 8.50. The maximum atomic E-state index is 5.28. The Kier molecular flexibility index (Phi) is 5.94. The highest BCUT2D eigenvalue weighted by molar-refractivity contribution is 7.80. The highest BCUT2D eigenvalue weighted by Crippen LogP contribution is 2.24. The molecule has 0 aromatic carbocycles. The molecule has 1 saturated heterocycles. The summed E-state index contributed by atoms with van der Waals surface area (Å²) in [6, 6.07) is 1.86. The molecule has 1 fully saturated rings. The van der Waals surface area contributed by atoms with Crippen LogP contribution in [0.25, 0.3) is 0 Å². The molecule has 0 unspecified atom stereocenters. The zero-order valence-corrected chi connectivity index (χ0v) is 13.9. The van der Waals surface area contributed by atoms with Crippen LogP contribution in [-0.2, 0) is 0 Å². The van der Waals surface area contributed by atoms with E-state index in [9.17, 15) is 0 Å². The molecule has 2 heterocycles. The van der Waals surface area contributed by atoms with Gasteiger partial charge in [-0.2, -0.15) is 9.97 Å². The third-order valence-corrected chi connectivity index (χ3v) is 3.76. The lowest BCUT2D eigenvalue weighted by Gasteiger charge is -2.32. The van der Waals surface area contributed by atoms with Crippen LogP contribution in [0.5, 0.6) is 5.88 Å². The topological polar surface area (TPSA) is 62.3 Å². The number of nitrogens with zero attached hydrogens (tertiary/aromatic N) is 3. The number of thiocarbonyl (C=S) groups is 1. The molecule has 1 aromatic rings. The van der Waals surface area contributed by atoms with Gasteiger partial charge in [0.15, 0.2) is 5.11 Å². The Morgan fingerprint density at radius 2 is 2.41 bits per heavy atom. The molecule has 0 bridgehead atoms. The second-order valence-corrected chi connectivity index (χ2v) is 5.82. The number of anilines is 2. The van der Waals surface area contributed by atoms with Crippen molar-refractivity contribution in [3.8, 4) is 5.88 Å². The van der Waals surface area contributed by atoms with E-state index in [0.29, 0.717) is 29.4 Å². The van der Waals surface area contributed by atoms with Gasteiger partial charge in [0, 0.05) is 25.7 Å². The first-order valence-electron chi connectivity index (χ1n) is 7.46. The molecule has 0 radical (unpaired) electrons. The molecular formula is C15H23N5OS. The third kappa shape index (κ3) is 4.56. The minimum atomic E-state index is 0.439. The molecule has 22 heavy (non-hydrogen) atoms. The quantitative estimate of drug-likeness (QED) is 0.637. The Labute approximate surface area is 137 Å². The molecule has 2 rings (SSSR count). The lowest BCUT2D eigenvalue weighted by Crippen LogP contribution is -2.35. The lowest BCUT2D eigenvalue weighted by molar-refractivity contribution is 0.396. The Balaban J connectivity index is 2.14. The first-order valence-corrected chi connectivity index (χ1v) is 7.87. The molecule has 0 aliphatic carbocycles. The zero-order chi connectivity index (χ0) is 15.9. The number of ether oxygens (including phenoxy) is 1. The molecule has 120 valence electrons. The number of piperidine rings is 1. The summed E-state index contributed by atoms with van der Waals surface area (Å²) in [5.41, 5.74) is 0. The van der Waals surface area contributed by atoms with Crippen LogP contribution in [0.4, 0.5) is 11.8 Å². The fourth-order valence-corrected chi connectivity index (χ4v) is 2.62. The molecular weight excluding hydrogens is 298 g/mol. The summed E-state index contributed by atoms with van der Waals surface area (Å²) in [5.74, 6) is 2.50. The minimum Gasteiger partial charge on any atom is -0.481 e. The molecule has 7 heteroatoms. The van der Waals surface area contributed by atoms with Gasteiger partial charge in [0.1, 0.15) is 5.82 Å². The molecule has 1 aromatic heterocycles. The van der Waals surface area contributed by atoms with E-state index >= 15 is 0 Å². The highest BCUT2D eigenvalue weighted by atomic mass is 32.1. The summed E-state index contributed by atoms with van der Waals surface area (Å²) < 4.78 is 5.28. The summed E-state index contributed by atoms with van der Waals surface area (Å²) >= 11 is 5.20. The van der Waals surface area contributed by atoms with Crippen molar-refractivity contribution in [3.05, 3.63) is 18.7 Å². The largest absolute Gasteiger partial charge is 0.481 e. The van der Waals surface area contributed by atoms with Gasteiger partial charge in [0.2, 0.25) is 11.8 Å². The van der Waals surface area contributed by atoms with E-state index < -0.39 is 0 Å². The normalized spacial score (nSPS) is 17.7. The number of rotatable bonds is 5. The Hall–Kier alpha value is -1.89. The van der Waals surface area contributed by atoms with Crippen molar-refractivity contribution in [2.75, 3.05) is 37.0 Å². The van der Waals surface area contributed by atoms with Gasteiger partial charge in [-0.3, -0.25) is 0 Å². The van der Waals surface area contributed by atoms with Gasteiger partial charge >= 0.3 is 0 Å². The molecule has 6 nitrogen and oxygen atoms in total. The van der Waals surface area contributed by atoms with E-state index in [1.807, 2.05) is 6.07 Å². The van der Waals surface area contributed by atoms with Crippen molar-refractivity contribution in [2.45, 2.75) is 19.8 Å². The molecule has 2 N–H and O–H groups in total. The van der Waals surface area contributed by atoms with Crippen molar-refractivity contribution in [1.82, 2.24) is 15.3 Å². The molecule has 0 spiro atoms. The van der Waals surface area contributed by atoms with Crippen LogP contribution in [0.15, 0.2) is 18.7 Å². The number of hydrogen-bond acceptors (Lipinski definition) is 5. The van der Waals surface area contributed by atoms with Crippen LogP contribution in [-0.4, -0.2) is 41.8 Å². The fourth-order valence-electron chi connectivity index (χ4n) is 2.44. The number of methoxy groups -OCH3 is 1. The van der Waals surface area contributed by atoms with E-state index in [1.165, 1.54) is 12.8 Å². The van der Waals surface area contributed by atoms with Crippen LogP contribution in [0, 0.1) is 5.92 Å². The van der Waals surface area contributed by atoms with Crippen molar-refractivity contribution >= 4 is 29.1 Å². The van der Waals surface area contributed by atoms with E-state index in [4.69, 9.17) is 17.0 Å². The minimum absolute atomic E-state index is 0.439. The Morgan fingerprint density at radius 3 is 3.09 bits per heavy atom. The van der Waals surface area contributed by atoms with Crippen molar-refractivity contribution < 1.29 is 4.74 Å². The van der Waals surface area contributed by atoms with Crippen LogP contribution >= 0.6 is 12.2 Å². The lowest BCUT2D eigenvalue weighted by atomic mass is 10.0. The predicted octanol–water partition coefficient (Wildman–Crippen LogP) is 2.19. The summed E-state index contributed by atoms with van der Waals surface area (Å²) in [5, 5.41) is 6.44. The van der Waals surface area contributed by atoms with Gasteiger partial charge in [0.25, 0.3) is 0 Å². The van der Waals surface area contributed by atoms with Crippen LogP contribution in [0.2, 0.25) is 0 Å². The number of aromatic nitrogens is 2. The van der Waals surface area contributed by atoms with Crippen molar-refractivity contribution in [3.63, 3.8) is 0 Å². The first kappa shape index (κ1) is 16.5. The molecule has 1 aliphatic rings. The fraction of sp³-hybridized carbons (Fsp3) is 0.533. The molecule has 0 saturated carbocycles. The van der Waals surface area contributed by atoms with E-state index in [-0.39, 0.29) is 0 Å². The number of hydrogen-bond donors (Lipinski definition) is 2. The van der Waals surface area contributed by atoms with Crippen LogP contribution in [0.3, 0.4) is 0 Å². The van der Waals surface area contributed by atoms with Gasteiger partial charge in [-0.05, 0) is 31.0 Å². The Bertz CT molecular complexity index is 537. The standard InChI is InChI=1S/C15H23N5OS/c1-4-7-16-15(22)19-14-17-12(9-13(18-14)21-3)20-8-5-6-11(2)10-20/h4,9,11H,1,5-8,10H2,2-3H3,(H2,16,17,18,19,22)/t11-/m0/s1. The van der Waals surface area contributed by atoms with Crippen LogP contribution < -0.4 is 20.3 Å². The summed E-state index contributed by atoms with van der Waals surface area (Å²) in [7, 11) is 1.60. The van der Waals surface area contributed by atoms with Gasteiger partial charge in [-0.25, -0.2) is 0 Å². The SMILES string of the molecule is C=CCNC(=S)Nc1nc(OC)cc(N2CCC[C@H](C)C2)n1. The second-order valence-electron chi connectivity index (χ2n) is 5.41. The highest BCUT2D eigenvalue weighted by Gasteiger charge is 2.19. The van der Waals surface area contributed by atoms with Gasteiger partial charge in [-0.1, -0.05) is 13.0 Å². The van der Waals surface area contributed by atoms with Crippen molar-refractivity contribution in [2.24, 2.45) is 5.92 Å². The maximum Gasteiger partial charge on any atom is 0.234 e. The smallest absolute Gasteiger partial charge is 0.234 e. The second kappa shape index (κ2) is 7.93. The Morgan fingerprint density at radius 1 is 1.59 bits per heavy atom. The van der Waals surface area contributed by atoms with E-state index in [0.717, 1.165) is 18.9 Å². The van der Waals surface area contributed by atoms with E-state index in [2.05, 4.69) is 39.0 Å². The van der Waals surface area contributed by atoms with Gasteiger partial charge in [-0.15, -0.1) is 6.58 Å². The maximum absolute atomic E-state index is 5.28. The third-order valence-electron chi connectivity index (χ3n) is 3.51. The monoisotopic (exact) mass is 321 g/mol. The van der Waals surface area contributed by atoms with Crippen molar-refractivity contribution in [1.29, 1.82) is 0 Å². The molecule has 0 amide bonds. The average Bonchev–Trinajstić information content (AvgIpc) is 2.52. The van der Waals surface area contributed by atoms with E-state index in [1.54, 1.807) is 13.2 Å². The first-order chi connectivity index (χ1) is 10.6. The number of nitrogens with one attached hydrogen (secondary N) is 2. The summed E-state index contributed by atoms with van der Waals surface area (Å²) in [6.07, 6.45) is 4.18. The molecule has 1 atom stereocenters. The van der Waals surface area contributed by atoms with Crippen LogP contribution in [0.1, 0.15) is 19.8 Å². The average molecular weight is 321 g/mol. The van der Waals surface area contributed by atoms with Gasteiger partial charge < -0.3 is 20.3 Å².